The Hall–Kier alpha value is -1.26. The molecule has 1 N–H and O–H groups in total. The number of hydrogen-bond donors (Lipinski definition) is 1. The van der Waals surface area contributed by atoms with Gasteiger partial charge < -0.3 is 19.5 Å². The van der Waals surface area contributed by atoms with Gasteiger partial charge in [0.15, 0.2) is 11.5 Å². The summed E-state index contributed by atoms with van der Waals surface area (Å²) >= 11 is 0. The number of methoxy groups -OCH3 is 2. The Balaban J connectivity index is 2.40. The van der Waals surface area contributed by atoms with Gasteiger partial charge in [0.05, 0.1) is 13.7 Å². The fraction of sp³-hybridized carbons (Fsp3) is 0.600. The first kappa shape index (κ1) is 15.8. The normalized spacial score (nSPS) is 12.2. The van der Waals surface area contributed by atoms with E-state index < -0.39 is 0 Å². The monoisotopic (exact) mass is 267 g/mol. The zero-order valence-corrected chi connectivity index (χ0v) is 12.4. The molecule has 0 aliphatic carbocycles. The summed E-state index contributed by atoms with van der Waals surface area (Å²) in [4.78, 5) is 0. The van der Waals surface area contributed by atoms with E-state index in [2.05, 4.69) is 25.2 Å². The predicted molar refractivity (Wildman–Crippen MR) is 77.2 cm³/mol. The molecule has 0 spiro atoms. The number of benzene rings is 1. The molecule has 0 heterocycles. The highest BCUT2D eigenvalue weighted by Gasteiger charge is 2.05. The van der Waals surface area contributed by atoms with Crippen molar-refractivity contribution in [2.75, 3.05) is 34.0 Å². The van der Waals surface area contributed by atoms with Crippen LogP contribution in [0.25, 0.3) is 0 Å². The highest BCUT2D eigenvalue weighted by Crippen LogP contribution is 2.28. The standard InChI is InChI=1S/C15H25NO3/c1-5-13-6-7-14(15(10-13)18-4)19-9-8-16-12(2)11-17-3/h6-7,10,12,16H,5,8-9,11H2,1-4H3. The van der Waals surface area contributed by atoms with Crippen LogP contribution >= 0.6 is 0 Å². The Morgan fingerprint density at radius 1 is 1.21 bits per heavy atom. The van der Waals surface area contributed by atoms with Crippen molar-refractivity contribution in [2.45, 2.75) is 26.3 Å². The fourth-order valence-electron chi connectivity index (χ4n) is 1.83. The van der Waals surface area contributed by atoms with E-state index in [1.807, 2.05) is 12.1 Å². The summed E-state index contributed by atoms with van der Waals surface area (Å²) in [5, 5.41) is 3.32. The molecule has 1 aromatic carbocycles. The van der Waals surface area contributed by atoms with Crippen molar-refractivity contribution in [1.82, 2.24) is 5.32 Å². The molecule has 0 saturated carbocycles. The van der Waals surface area contributed by atoms with Crippen molar-refractivity contribution in [1.29, 1.82) is 0 Å². The third kappa shape index (κ3) is 5.49. The van der Waals surface area contributed by atoms with Gasteiger partial charge in [-0.2, -0.15) is 0 Å². The topological polar surface area (TPSA) is 39.7 Å². The first-order valence-electron chi connectivity index (χ1n) is 6.73. The minimum atomic E-state index is 0.331. The summed E-state index contributed by atoms with van der Waals surface area (Å²) in [6.45, 7) is 6.30. The van der Waals surface area contributed by atoms with E-state index >= 15 is 0 Å². The predicted octanol–water partition coefficient (Wildman–Crippen LogP) is 2.26. The number of nitrogens with one attached hydrogen (secondary N) is 1. The molecule has 0 radical (unpaired) electrons. The molecular weight excluding hydrogens is 242 g/mol. The van der Waals surface area contributed by atoms with E-state index in [1.165, 1.54) is 5.56 Å². The molecule has 19 heavy (non-hydrogen) atoms. The van der Waals surface area contributed by atoms with Crippen molar-refractivity contribution >= 4 is 0 Å². The molecule has 0 aromatic heterocycles. The van der Waals surface area contributed by atoms with Crippen LogP contribution in [-0.2, 0) is 11.2 Å². The van der Waals surface area contributed by atoms with Crippen LogP contribution in [-0.4, -0.2) is 40.0 Å². The lowest BCUT2D eigenvalue weighted by molar-refractivity contribution is 0.169. The van der Waals surface area contributed by atoms with Gasteiger partial charge in [0.1, 0.15) is 6.61 Å². The van der Waals surface area contributed by atoms with Crippen LogP contribution in [0.1, 0.15) is 19.4 Å². The van der Waals surface area contributed by atoms with Crippen molar-refractivity contribution in [3.8, 4) is 11.5 Å². The molecule has 108 valence electrons. The zero-order chi connectivity index (χ0) is 14.1. The highest BCUT2D eigenvalue weighted by molar-refractivity contribution is 5.42. The Bertz CT molecular complexity index is 368. The van der Waals surface area contributed by atoms with Gasteiger partial charge in [-0.05, 0) is 31.0 Å². The van der Waals surface area contributed by atoms with Gasteiger partial charge in [0.25, 0.3) is 0 Å². The third-order valence-corrected chi connectivity index (χ3v) is 2.91. The van der Waals surface area contributed by atoms with Crippen LogP contribution in [0.4, 0.5) is 0 Å². The van der Waals surface area contributed by atoms with E-state index in [-0.39, 0.29) is 0 Å². The quantitative estimate of drug-likeness (QED) is 0.697. The lowest BCUT2D eigenvalue weighted by Gasteiger charge is -2.14. The average molecular weight is 267 g/mol. The first-order valence-corrected chi connectivity index (χ1v) is 6.73. The maximum absolute atomic E-state index is 5.73. The van der Waals surface area contributed by atoms with Gasteiger partial charge in [-0.1, -0.05) is 13.0 Å². The smallest absolute Gasteiger partial charge is 0.161 e. The van der Waals surface area contributed by atoms with Crippen LogP contribution in [0.3, 0.4) is 0 Å². The largest absolute Gasteiger partial charge is 0.493 e. The van der Waals surface area contributed by atoms with Gasteiger partial charge in [-0.25, -0.2) is 0 Å². The second-order valence-electron chi connectivity index (χ2n) is 4.50. The van der Waals surface area contributed by atoms with E-state index in [9.17, 15) is 0 Å². The first-order chi connectivity index (χ1) is 9.21. The van der Waals surface area contributed by atoms with Gasteiger partial charge in [0, 0.05) is 19.7 Å². The molecule has 4 heteroatoms. The number of hydrogen-bond acceptors (Lipinski definition) is 4. The molecule has 4 nitrogen and oxygen atoms in total. The van der Waals surface area contributed by atoms with E-state index in [0.717, 1.165) is 24.5 Å². The fourth-order valence-corrected chi connectivity index (χ4v) is 1.83. The molecule has 0 bridgehead atoms. The van der Waals surface area contributed by atoms with Crippen molar-refractivity contribution < 1.29 is 14.2 Å². The van der Waals surface area contributed by atoms with Crippen LogP contribution in [0, 0.1) is 0 Å². The summed E-state index contributed by atoms with van der Waals surface area (Å²) in [6.07, 6.45) is 0.993. The van der Waals surface area contributed by atoms with Crippen LogP contribution in [0.2, 0.25) is 0 Å². The average Bonchev–Trinajstić information content (AvgIpc) is 2.44. The lowest BCUT2D eigenvalue weighted by atomic mass is 10.1. The summed E-state index contributed by atoms with van der Waals surface area (Å²) in [7, 11) is 3.37. The Morgan fingerprint density at radius 2 is 2.00 bits per heavy atom. The van der Waals surface area contributed by atoms with Crippen LogP contribution in [0.15, 0.2) is 18.2 Å². The highest BCUT2D eigenvalue weighted by atomic mass is 16.5. The second-order valence-corrected chi connectivity index (χ2v) is 4.50. The third-order valence-electron chi connectivity index (χ3n) is 2.91. The maximum atomic E-state index is 5.73. The molecule has 1 rings (SSSR count). The minimum Gasteiger partial charge on any atom is -0.493 e. The Kier molecular flexibility index (Phi) is 7.30. The van der Waals surface area contributed by atoms with Crippen molar-refractivity contribution in [2.24, 2.45) is 0 Å². The van der Waals surface area contributed by atoms with Gasteiger partial charge in [-0.3, -0.25) is 0 Å². The van der Waals surface area contributed by atoms with Crippen molar-refractivity contribution in [3.05, 3.63) is 23.8 Å². The minimum absolute atomic E-state index is 0.331. The molecule has 1 atom stereocenters. The SMILES string of the molecule is CCc1ccc(OCCNC(C)COC)c(OC)c1. The number of ether oxygens (including phenoxy) is 3. The summed E-state index contributed by atoms with van der Waals surface area (Å²) in [5.74, 6) is 1.59. The molecule has 1 unspecified atom stereocenters. The summed E-state index contributed by atoms with van der Waals surface area (Å²) in [5.41, 5.74) is 1.25. The van der Waals surface area contributed by atoms with Gasteiger partial charge in [0.2, 0.25) is 0 Å². The number of aryl methyl sites for hydroxylation is 1. The van der Waals surface area contributed by atoms with E-state index in [0.29, 0.717) is 19.3 Å². The molecule has 0 fully saturated rings. The lowest BCUT2D eigenvalue weighted by Crippen LogP contribution is -2.33. The second kappa shape index (κ2) is 8.77. The summed E-state index contributed by atoms with van der Waals surface area (Å²) < 4.78 is 16.1. The molecule has 0 saturated heterocycles. The van der Waals surface area contributed by atoms with Gasteiger partial charge in [-0.15, -0.1) is 0 Å². The molecule has 0 aliphatic rings. The maximum Gasteiger partial charge on any atom is 0.161 e. The molecule has 0 aliphatic heterocycles. The molecular formula is C15H25NO3. The Morgan fingerprint density at radius 3 is 2.63 bits per heavy atom. The van der Waals surface area contributed by atoms with Crippen molar-refractivity contribution in [3.63, 3.8) is 0 Å². The van der Waals surface area contributed by atoms with Crippen LogP contribution in [0.5, 0.6) is 11.5 Å². The molecule has 1 aromatic rings. The Labute approximate surface area is 116 Å². The van der Waals surface area contributed by atoms with Gasteiger partial charge >= 0.3 is 0 Å². The molecule has 0 amide bonds. The zero-order valence-electron chi connectivity index (χ0n) is 12.4. The summed E-state index contributed by atoms with van der Waals surface area (Å²) in [6, 6.07) is 6.39. The van der Waals surface area contributed by atoms with E-state index in [1.54, 1.807) is 14.2 Å². The van der Waals surface area contributed by atoms with Crippen LogP contribution < -0.4 is 14.8 Å². The van der Waals surface area contributed by atoms with E-state index in [4.69, 9.17) is 14.2 Å². The number of rotatable bonds is 9.